The summed E-state index contributed by atoms with van der Waals surface area (Å²) in [5.41, 5.74) is 2.54. The average molecular weight is 488 g/mol. The van der Waals surface area contributed by atoms with Gasteiger partial charge in [-0.1, -0.05) is 0 Å². The molecule has 1 aliphatic carbocycles. The fourth-order valence-electron chi connectivity index (χ4n) is 3.92. The Bertz CT molecular complexity index is 1370. The summed E-state index contributed by atoms with van der Waals surface area (Å²) in [6.45, 7) is 0.327. The number of nitro groups is 1. The van der Waals surface area contributed by atoms with Gasteiger partial charge in [-0.25, -0.2) is 17.5 Å². The second-order valence-electron chi connectivity index (χ2n) is 7.91. The van der Waals surface area contributed by atoms with E-state index in [0.29, 0.717) is 11.4 Å². The smallest absolute Gasteiger partial charge is 0.293 e. The Labute approximate surface area is 194 Å². The van der Waals surface area contributed by atoms with Gasteiger partial charge in [0.1, 0.15) is 11.5 Å². The number of carbonyl (C=O) groups excluding carboxylic acids is 1. The summed E-state index contributed by atoms with van der Waals surface area (Å²) in [6, 6.07) is 9.50. The Balaban J connectivity index is 1.43. The number of hydrogen-bond donors (Lipinski definition) is 2. The summed E-state index contributed by atoms with van der Waals surface area (Å²) in [5.74, 6) is -0.730. The molecule has 0 saturated heterocycles. The highest BCUT2D eigenvalue weighted by atomic mass is 32.2. The summed E-state index contributed by atoms with van der Waals surface area (Å²) in [5, 5.41) is 21.4. The number of nitro benzene ring substituents is 1. The maximum atomic E-state index is 13.3. The lowest BCUT2D eigenvalue weighted by Crippen LogP contribution is -2.30. The van der Waals surface area contributed by atoms with Gasteiger partial charge in [0, 0.05) is 36.7 Å². The van der Waals surface area contributed by atoms with Gasteiger partial charge in [0.2, 0.25) is 0 Å². The van der Waals surface area contributed by atoms with Gasteiger partial charge in [-0.15, -0.1) is 0 Å². The van der Waals surface area contributed by atoms with Crippen LogP contribution in [0.15, 0.2) is 47.4 Å². The predicted octanol–water partition coefficient (Wildman–Crippen LogP) is 2.65. The van der Waals surface area contributed by atoms with Crippen LogP contribution in [0, 0.1) is 15.9 Å². The van der Waals surface area contributed by atoms with Crippen molar-refractivity contribution in [3.05, 3.63) is 75.3 Å². The molecule has 0 atom stereocenters. The molecule has 3 aromatic rings. The Kier molecular flexibility index (Phi) is 6.33. The van der Waals surface area contributed by atoms with Crippen LogP contribution in [0.1, 0.15) is 28.2 Å². The topological polar surface area (TPSA) is 136 Å². The molecular formula is C22H22FN5O5S. The van der Waals surface area contributed by atoms with Crippen molar-refractivity contribution in [2.75, 3.05) is 24.7 Å². The number of sulfone groups is 1. The SMILES string of the molecule is CS(=O)(=O)c1ccc(NCCNC(=O)c2nn(-c3ccc(F)cc3)c3c2CCC3)c([N+](=O)[O-])c1. The molecule has 0 bridgehead atoms. The van der Waals surface area contributed by atoms with Gasteiger partial charge in [0.25, 0.3) is 11.6 Å². The maximum absolute atomic E-state index is 13.3. The van der Waals surface area contributed by atoms with Crippen molar-refractivity contribution in [2.45, 2.75) is 24.2 Å². The first-order chi connectivity index (χ1) is 16.1. The predicted molar refractivity (Wildman–Crippen MR) is 123 cm³/mol. The van der Waals surface area contributed by atoms with E-state index in [4.69, 9.17) is 0 Å². The Morgan fingerprint density at radius 1 is 1.18 bits per heavy atom. The minimum absolute atomic E-state index is 0.146. The van der Waals surface area contributed by atoms with Crippen molar-refractivity contribution in [1.82, 2.24) is 15.1 Å². The third kappa shape index (κ3) is 4.76. The monoisotopic (exact) mass is 487 g/mol. The van der Waals surface area contributed by atoms with Crippen LogP contribution in [0.5, 0.6) is 0 Å². The van der Waals surface area contributed by atoms with Crippen LogP contribution < -0.4 is 10.6 Å². The molecule has 1 aromatic heterocycles. The minimum atomic E-state index is -3.58. The third-order valence-corrected chi connectivity index (χ3v) is 6.65. The number of carbonyl (C=O) groups is 1. The van der Waals surface area contributed by atoms with Gasteiger partial charge >= 0.3 is 0 Å². The van der Waals surface area contributed by atoms with Crippen LogP contribution in [0.3, 0.4) is 0 Å². The van der Waals surface area contributed by atoms with E-state index in [2.05, 4.69) is 15.7 Å². The number of fused-ring (bicyclic) bond motifs is 1. The number of benzene rings is 2. The molecule has 10 nitrogen and oxygen atoms in total. The first kappa shape index (κ1) is 23.4. The van der Waals surface area contributed by atoms with Crippen molar-refractivity contribution in [1.29, 1.82) is 0 Å². The van der Waals surface area contributed by atoms with Crippen LogP contribution >= 0.6 is 0 Å². The third-order valence-electron chi connectivity index (χ3n) is 5.54. The van der Waals surface area contributed by atoms with Crippen molar-refractivity contribution < 1.29 is 22.5 Å². The molecule has 1 aliphatic rings. The Morgan fingerprint density at radius 3 is 2.59 bits per heavy atom. The zero-order valence-electron chi connectivity index (χ0n) is 18.2. The van der Waals surface area contributed by atoms with Gasteiger partial charge in [-0.3, -0.25) is 14.9 Å². The molecule has 1 amide bonds. The van der Waals surface area contributed by atoms with Crippen LogP contribution in [-0.2, 0) is 22.7 Å². The number of halogens is 1. The Hall–Kier alpha value is -3.80. The first-order valence-electron chi connectivity index (χ1n) is 10.5. The lowest BCUT2D eigenvalue weighted by molar-refractivity contribution is -0.384. The van der Waals surface area contributed by atoms with E-state index in [0.717, 1.165) is 42.8 Å². The van der Waals surface area contributed by atoms with Crippen molar-refractivity contribution in [3.63, 3.8) is 0 Å². The summed E-state index contributed by atoms with van der Waals surface area (Å²) < 4.78 is 38.3. The van der Waals surface area contributed by atoms with Crippen molar-refractivity contribution in [3.8, 4) is 5.69 Å². The second kappa shape index (κ2) is 9.21. The van der Waals surface area contributed by atoms with Crippen LogP contribution in [0.2, 0.25) is 0 Å². The summed E-state index contributed by atoms with van der Waals surface area (Å²) >= 11 is 0. The fourth-order valence-corrected chi connectivity index (χ4v) is 4.56. The lowest BCUT2D eigenvalue weighted by Gasteiger charge is -2.09. The molecule has 1 heterocycles. The number of nitrogens with zero attached hydrogens (tertiary/aromatic N) is 3. The summed E-state index contributed by atoms with van der Waals surface area (Å²) in [4.78, 5) is 23.3. The summed E-state index contributed by atoms with van der Waals surface area (Å²) in [7, 11) is -3.58. The number of nitrogens with one attached hydrogen (secondary N) is 2. The molecular weight excluding hydrogens is 465 g/mol. The van der Waals surface area contributed by atoms with Crippen LogP contribution in [0.4, 0.5) is 15.8 Å². The largest absolute Gasteiger partial charge is 0.378 e. The lowest BCUT2D eigenvalue weighted by atomic mass is 10.2. The number of anilines is 1. The molecule has 0 saturated carbocycles. The Morgan fingerprint density at radius 2 is 1.91 bits per heavy atom. The number of hydrogen-bond acceptors (Lipinski definition) is 7. The summed E-state index contributed by atoms with van der Waals surface area (Å²) in [6.07, 6.45) is 3.35. The minimum Gasteiger partial charge on any atom is -0.378 e. The first-order valence-corrected chi connectivity index (χ1v) is 12.4. The zero-order valence-corrected chi connectivity index (χ0v) is 19.1. The number of amides is 1. The van der Waals surface area contributed by atoms with E-state index in [9.17, 15) is 27.7 Å². The van der Waals surface area contributed by atoms with Crippen molar-refractivity contribution in [2.24, 2.45) is 0 Å². The van der Waals surface area contributed by atoms with E-state index in [1.807, 2.05) is 0 Å². The van der Waals surface area contributed by atoms with Gasteiger partial charge in [0.05, 0.1) is 15.5 Å². The molecule has 178 valence electrons. The quantitative estimate of drug-likeness (QED) is 0.283. The number of aromatic nitrogens is 2. The molecule has 0 fully saturated rings. The highest BCUT2D eigenvalue weighted by Crippen LogP contribution is 2.29. The van der Waals surface area contributed by atoms with E-state index in [1.54, 1.807) is 16.8 Å². The second-order valence-corrected chi connectivity index (χ2v) is 9.92. The van der Waals surface area contributed by atoms with Crippen LogP contribution in [-0.4, -0.2) is 48.4 Å². The molecule has 0 aliphatic heterocycles. The molecule has 0 spiro atoms. The highest BCUT2D eigenvalue weighted by molar-refractivity contribution is 7.90. The van der Waals surface area contributed by atoms with Gasteiger partial charge in [0.15, 0.2) is 15.5 Å². The molecule has 34 heavy (non-hydrogen) atoms. The molecule has 2 N–H and O–H groups in total. The van der Waals surface area contributed by atoms with E-state index in [1.165, 1.54) is 24.3 Å². The normalized spacial score (nSPS) is 12.9. The molecule has 4 rings (SSSR count). The molecule has 0 unspecified atom stereocenters. The molecule has 0 radical (unpaired) electrons. The van der Waals surface area contributed by atoms with E-state index in [-0.39, 0.29) is 41.1 Å². The van der Waals surface area contributed by atoms with E-state index < -0.39 is 14.8 Å². The standard InChI is InChI=1S/C22H22FN5O5S/c1-34(32,33)16-9-10-18(20(13-16)28(30)31)24-11-12-25-22(29)21-17-3-2-4-19(17)27(26-21)15-7-5-14(23)6-8-15/h5-10,13,24H,2-4,11-12H2,1H3,(H,25,29). The zero-order chi connectivity index (χ0) is 24.5. The van der Waals surface area contributed by atoms with Crippen molar-refractivity contribution >= 4 is 27.1 Å². The highest BCUT2D eigenvalue weighted by Gasteiger charge is 2.27. The van der Waals surface area contributed by atoms with Gasteiger partial charge in [-0.05, 0) is 55.7 Å². The van der Waals surface area contributed by atoms with Crippen LogP contribution in [0.25, 0.3) is 5.69 Å². The van der Waals surface area contributed by atoms with E-state index >= 15 is 0 Å². The maximum Gasteiger partial charge on any atom is 0.293 e. The van der Waals surface area contributed by atoms with Gasteiger partial charge in [-0.2, -0.15) is 5.10 Å². The number of rotatable bonds is 8. The molecule has 12 heteroatoms. The van der Waals surface area contributed by atoms with Gasteiger partial charge < -0.3 is 10.6 Å². The molecule has 2 aromatic carbocycles. The average Bonchev–Trinajstić information content (AvgIpc) is 3.39. The fraction of sp³-hybridized carbons (Fsp3) is 0.273.